The van der Waals surface area contributed by atoms with Gasteiger partial charge in [-0.25, -0.2) is 9.18 Å². The molecule has 5 nitrogen and oxygen atoms in total. The molecule has 3 aromatic rings. The molecular weight excluding hydrogens is 325 g/mol. The molecule has 2 aromatic carbocycles. The Labute approximate surface area is 143 Å². The topological polar surface area (TPSA) is 71.7 Å². The SMILES string of the molecule is CNc1oc(-c2ccccc2)c(O)c1-c1cc(F)cc(C(=O)OC)c1. The number of benzene rings is 2. The van der Waals surface area contributed by atoms with E-state index < -0.39 is 11.8 Å². The van der Waals surface area contributed by atoms with Crippen LogP contribution in [0.5, 0.6) is 5.75 Å². The number of furan rings is 1. The summed E-state index contributed by atoms with van der Waals surface area (Å²) in [5.41, 5.74) is 1.29. The van der Waals surface area contributed by atoms with E-state index in [2.05, 4.69) is 10.1 Å². The zero-order valence-corrected chi connectivity index (χ0v) is 13.7. The number of carbonyl (C=O) groups is 1. The van der Waals surface area contributed by atoms with Gasteiger partial charge in [0.1, 0.15) is 5.82 Å². The molecule has 3 rings (SSSR count). The molecule has 0 radical (unpaired) electrons. The lowest BCUT2D eigenvalue weighted by atomic mass is 10.0. The fraction of sp³-hybridized carbons (Fsp3) is 0.105. The zero-order valence-electron chi connectivity index (χ0n) is 13.7. The van der Waals surface area contributed by atoms with Gasteiger partial charge < -0.3 is 19.6 Å². The Morgan fingerprint density at radius 2 is 1.88 bits per heavy atom. The first-order chi connectivity index (χ1) is 12.0. The van der Waals surface area contributed by atoms with Gasteiger partial charge in [-0.3, -0.25) is 0 Å². The molecule has 0 spiro atoms. The van der Waals surface area contributed by atoms with Gasteiger partial charge in [-0.15, -0.1) is 0 Å². The molecule has 0 fully saturated rings. The number of methoxy groups -OCH3 is 1. The number of aromatic hydroxyl groups is 1. The van der Waals surface area contributed by atoms with Crippen LogP contribution >= 0.6 is 0 Å². The summed E-state index contributed by atoms with van der Waals surface area (Å²) < 4.78 is 24.3. The number of rotatable bonds is 4. The van der Waals surface area contributed by atoms with E-state index in [1.165, 1.54) is 19.2 Å². The number of halogens is 1. The maximum absolute atomic E-state index is 14.0. The van der Waals surface area contributed by atoms with E-state index in [9.17, 15) is 14.3 Å². The molecule has 1 heterocycles. The van der Waals surface area contributed by atoms with E-state index in [0.29, 0.717) is 11.1 Å². The standard InChI is InChI=1S/C19H16FNO4/c1-21-18-15(12-8-13(19(23)24-2)10-14(20)9-12)16(22)17(25-18)11-6-4-3-5-7-11/h3-10,21-22H,1-2H3. The molecule has 0 saturated heterocycles. The highest BCUT2D eigenvalue weighted by atomic mass is 19.1. The summed E-state index contributed by atoms with van der Waals surface area (Å²) in [4.78, 5) is 11.7. The van der Waals surface area contributed by atoms with E-state index in [1.54, 1.807) is 19.2 Å². The van der Waals surface area contributed by atoms with Crippen molar-refractivity contribution in [3.05, 3.63) is 59.9 Å². The van der Waals surface area contributed by atoms with Gasteiger partial charge in [0.15, 0.2) is 11.5 Å². The van der Waals surface area contributed by atoms with Crippen LogP contribution in [0, 0.1) is 5.82 Å². The molecule has 2 N–H and O–H groups in total. The van der Waals surface area contributed by atoms with Crippen LogP contribution in [0.3, 0.4) is 0 Å². The number of hydrogen-bond donors (Lipinski definition) is 2. The maximum atomic E-state index is 14.0. The van der Waals surface area contributed by atoms with E-state index >= 15 is 0 Å². The van der Waals surface area contributed by atoms with Crippen molar-refractivity contribution < 1.29 is 23.4 Å². The summed E-state index contributed by atoms with van der Waals surface area (Å²) in [6, 6.07) is 12.8. The van der Waals surface area contributed by atoms with Crippen LogP contribution in [0.4, 0.5) is 10.3 Å². The molecule has 0 aliphatic rings. The van der Waals surface area contributed by atoms with Crippen molar-refractivity contribution in [3.63, 3.8) is 0 Å². The lowest BCUT2D eigenvalue weighted by Gasteiger charge is -2.06. The lowest BCUT2D eigenvalue weighted by Crippen LogP contribution is -2.02. The highest BCUT2D eigenvalue weighted by Crippen LogP contribution is 2.46. The zero-order chi connectivity index (χ0) is 18.0. The summed E-state index contributed by atoms with van der Waals surface area (Å²) >= 11 is 0. The first-order valence-electron chi connectivity index (χ1n) is 7.53. The van der Waals surface area contributed by atoms with Gasteiger partial charge in [0, 0.05) is 12.6 Å². The fourth-order valence-corrected chi connectivity index (χ4v) is 2.62. The average molecular weight is 341 g/mol. The van der Waals surface area contributed by atoms with Gasteiger partial charge in [0.2, 0.25) is 5.88 Å². The summed E-state index contributed by atoms with van der Waals surface area (Å²) in [5.74, 6) is -0.918. The second-order valence-electron chi connectivity index (χ2n) is 5.32. The number of esters is 1. The van der Waals surface area contributed by atoms with Crippen molar-refractivity contribution in [1.29, 1.82) is 0 Å². The Hall–Kier alpha value is -3.28. The van der Waals surface area contributed by atoms with Crippen LogP contribution in [0.1, 0.15) is 10.4 Å². The molecule has 0 amide bonds. The molecule has 128 valence electrons. The van der Waals surface area contributed by atoms with Crippen LogP contribution in [0.2, 0.25) is 0 Å². The minimum Gasteiger partial charge on any atom is -0.504 e. The van der Waals surface area contributed by atoms with Crippen molar-refractivity contribution in [1.82, 2.24) is 0 Å². The summed E-state index contributed by atoms with van der Waals surface area (Å²) in [5, 5.41) is 13.5. The van der Waals surface area contributed by atoms with E-state index in [4.69, 9.17) is 4.42 Å². The average Bonchev–Trinajstić information content (AvgIpc) is 2.97. The van der Waals surface area contributed by atoms with Crippen molar-refractivity contribution in [2.75, 3.05) is 19.5 Å². The van der Waals surface area contributed by atoms with Crippen molar-refractivity contribution in [2.45, 2.75) is 0 Å². The molecule has 0 bridgehead atoms. The second-order valence-corrected chi connectivity index (χ2v) is 5.32. The Morgan fingerprint density at radius 1 is 1.16 bits per heavy atom. The van der Waals surface area contributed by atoms with Crippen LogP contribution in [0.25, 0.3) is 22.5 Å². The van der Waals surface area contributed by atoms with Gasteiger partial charge in [-0.05, 0) is 23.8 Å². The third-order valence-electron chi connectivity index (χ3n) is 3.75. The molecular formula is C19H16FNO4. The van der Waals surface area contributed by atoms with Gasteiger partial charge in [0.25, 0.3) is 0 Å². The molecule has 0 unspecified atom stereocenters. The fourth-order valence-electron chi connectivity index (χ4n) is 2.62. The van der Waals surface area contributed by atoms with Crippen molar-refractivity contribution in [2.24, 2.45) is 0 Å². The van der Waals surface area contributed by atoms with Gasteiger partial charge in [-0.1, -0.05) is 30.3 Å². The summed E-state index contributed by atoms with van der Waals surface area (Å²) in [6.45, 7) is 0. The molecule has 0 atom stereocenters. The second kappa shape index (κ2) is 6.68. The van der Waals surface area contributed by atoms with E-state index in [1.807, 2.05) is 18.2 Å². The third kappa shape index (κ3) is 3.06. The molecule has 6 heteroatoms. The minimum absolute atomic E-state index is 0.0430. The first-order valence-corrected chi connectivity index (χ1v) is 7.53. The monoisotopic (exact) mass is 341 g/mol. The van der Waals surface area contributed by atoms with Gasteiger partial charge in [-0.2, -0.15) is 0 Å². The summed E-state index contributed by atoms with van der Waals surface area (Å²) in [6.07, 6.45) is 0. The van der Waals surface area contributed by atoms with Gasteiger partial charge in [0.05, 0.1) is 18.2 Å². The Bertz CT molecular complexity index is 919. The molecule has 25 heavy (non-hydrogen) atoms. The van der Waals surface area contributed by atoms with Crippen molar-refractivity contribution >= 4 is 11.9 Å². The predicted molar refractivity (Wildman–Crippen MR) is 92.1 cm³/mol. The smallest absolute Gasteiger partial charge is 0.337 e. The van der Waals surface area contributed by atoms with Crippen LogP contribution < -0.4 is 5.32 Å². The van der Waals surface area contributed by atoms with Crippen molar-refractivity contribution in [3.8, 4) is 28.2 Å². The van der Waals surface area contributed by atoms with Crippen LogP contribution in [-0.4, -0.2) is 25.2 Å². The first kappa shape index (κ1) is 16.6. The minimum atomic E-state index is -0.668. The normalized spacial score (nSPS) is 10.5. The molecule has 0 aliphatic carbocycles. The lowest BCUT2D eigenvalue weighted by molar-refractivity contribution is 0.0600. The Kier molecular flexibility index (Phi) is 4.43. The third-order valence-corrected chi connectivity index (χ3v) is 3.75. The summed E-state index contributed by atoms with van der Waals surface area (Å²) in [7, 11) is 2.84. The number of anilines is 1. The van der Waals surface area contributed by atoms with E-state index in [-0.39, 0.29) is 28.5 Å². The highest BCUT2D eigenvalue weighted by Gasteiger charge is 2.23. The number of hydrogen-bond acceptors (Lipinski definition) is 5. The highest BCUT2D eigenvalue weighted by molar-refractivity contribution is 5.93. The van der Waals surface area contributed by atoms with Crippen LogP contribution in [0.15, 0.2) is 52.9 Å². The predicted octanol–water partition coefficient (Wildman–Crippen LogP) is 4.29. The molecule has 0 saturated carbocycles. The number of ether oxygens (including phenoxy) is 1. The van der Waals surface area contributed by atoms with Gasteiger partial charge >= 0.3 is 5.97 Å². The molecule has 0 aliphatic heterocycles. The maximum Gasteiger partial charge on any atom is 0.337 e. The van der Waals surface area contributed by atoms with E-state index in [0.717, 1.165) is 6.07 Å². The Balaban J connectivity index is 2.19. The number of nitrogens with one attached hydrogen (secondary N) is 1. The van der Waals surface area contributed by atoms with Crippen LogP contribution in [-0.2, 0) is 4.74 Å². The molecule has 1 aromatic heterocycles. The Morgan fingerprint density at radius 3 is 2.52 bits per heavy atom. The quantitative estimate of drug-likeness (QED) is 0.693. The largest absolute Gasteiger partial charge is 0.504 e. The number of carbonyl (C=O) groups excluding carboxylic acids is 1.